The summed E-state index contributed by atoms with van der Waals surface area (Å²) >= 11 is 12.5. The molecular formula is C16H15Cl2FO2. The van der Waals surface area contributed by atoms with Crippen molar-refractivity contribution in [2.45, 2.75) is 12.3 Å². The molecule has 112 valence electrons. The third-order valence-corrected chi connectivity index (χ3v) is 4.16. The van der Waals surface area contributed by atoms with E-state index in [1.165, 1.54) is 20.3 Å². The van der Waals surface area contributed by atoms with Crippen molar-refractivity contribution in [1.29, 1.82) is 0 Å². The molecule has 0 saturated heterocycles. The lowest BCUT2D eigenvalue weighted by atomic mass is 10.0. The number of benzene rings is 2. The molecule has 0 radical (unpaired) electrons. The van der Waals surface area contributed by atoms with E-state index in [-0.39, 0.29) is 0 Å². The van der Waals surface area contributed by atoms with Crippen LogP contribution in [-0.4, -0.2) is 14.2 Å². The van der Waals surface area contributed by atoms with Crippen LogP contribution in [0.15, 0.2) is 30.3 Å². The number of halogens is 3. The van der Waals surface area contributed by atoms with E-state index in [0.29, 0.717) is 22.1 Å². The third kappa shape index (κ3) is 3.25. The van der Waals surface area contributed by atoms with Crippen LogP contribution in [0, 0.1) is 12.7 Å². The van der Waals surface area contributed by atoms with Crippen molar-refractivity contribution >= 4 is 23.2 Å². The van der Waals surface area contributed by atoms with Crippen LogP contribution in [0.5, 0.6) is 11.5 Å². The summed E-state index contributed by atoms with van der Waals surface area (Å²) in [5, 5.41) is -0.0676. The first kappa shape index (κ1) is 15.9. The van der Waals surface area contributed by atoms with Crippen molar-refractivity contribution in [3.63, 3.8) is 0 Å². The van der Waals surface area contributed by atoms with Crippen LogP contribution in [0.4, 0.5) is 4.39 Å². The quantitative estimate of drug-likeness (QED) is 0.724. The Hall–Kier alpha value is -1.45. The SMILES string of the molecule is COc1cc(F)c(C(Cl)c2ccc(C)c(Cl)c2)cc1OC. The number of alkyl halides is 1. The molecular weight excluding hydrogens is 314 g/mol. The van der Waals surface area contributed by atoms with Crippen molar-refractivity contribution in [2.75, 3.05) is 14.2 Å². The van der Waals surface area contributed by atoms with Crippen LogP contribution in [0.1, 0.15) is 22.1 Å². The van der Waals surface area contributed by atoms with E-state index in [9.17, 15) is 4.39 Å². The lowest BCUT2D eigenvalue weighted by Gasteiger charge is -2.15. The predicted octanol–water partition coefficient (Wildman–Crippen LogP) is 5.13. The minimum Gasteiger partial charge on any atom is -0.493 e. The number of hydrogen-bond donors (Lipinski definition) is 0. The zero-order chi connectivity index (χ0) is 15.6. The zero-order valence-corrected chi connectivity index (χ0v) is 13.4. The highest BCUT2D eigenvalue weighted by Gasteiger charge is 2.19. The van der Waals surface area contributed by atoms with Gasteiger partial charge in [-0.1, -0.05) is 23.7 Å². The topological polar surface area (TPSA) is 18.5 Å². The largest absolute Gasteiger partial charge is 0.493 e. The van der Waals surface area contributed by atoms with Crippen molar-refractivity contribution < 1.29 is 13.9 Å². The summed E-state index contributed by atoms with van der Waals surface area (Å²) in [4.78, 5) is 0. The van der Waals surface area contributed by atoms with Gasteiger partial charge in [0.05, 0.1) is 19.6 Å². The summed E-state index contributed by atoms with van der Waals surface area (Å²) in [6.07, 6.45) is 0. The fourth-order valence-electron chi connectivity index (χ4n) is 2.01. The Morgan fingerprint density at radius 2 is 1.67 bits per heavy atom. The maximum absolute atomic E-state index is 14.2. The smallest absolute Gasteiger partial charge is 0.163 e. The van der Waals surface area contributed by atoms with Crippen LogP contribution in [-0.2, 0) is 0 Å². The van der Waals surface area contributed by atoms with Gasteiger partial charge in [0.2, 0.25) is 0 Å². The van der Waals surface area contributed by atoms with Gasteiger partial charge >= 0.3 is 0 Å². The van der Waals surface area contributed by atoms with Crippen LogP contribution in [0.25, 0.3) is 0 Å². The molecule has 5 heteroatoms. The van der Waals surface area contributed by atoms with Gasteiger partial charge in [-0.05, 0) is 30.2 Å². The molecule has 0 spiro atoms. The summed E-state index contributed by atoms with van der Waals surface area (Å²) in [5.41, 5.74) is 1.98. The second-order valence-corrected chi connectivity index (χ2v) is 5.44. The van der Waals surface area contributed by atoms with Gasteiger partial charge in [0.1, 0.15) is 5.82 Å². The number of methoxy groups -OCH3 is 2. The van der Waals surface area contributed by atoms with E-state index in [1.807, 2.05) is 19.1 Å². The van der Waals surface area contributed by atoms with E-state index in [4.69, 9.17) is 32.7 Å². The van der Waals surface area contributed by atoms with Crippen molar-refractivity contribution in [3.05, 3.63) is 57.9 Å². The molecule has 0 aliphatic heterocycles. The lowest BCUT2D eigenvalue weighted by Crippen LogP contribution is -2.00. The summed E-state index contributed by atoms with van der Waals surface area (Å²) in [6, 6.07) is 8.23. The molecule has 0 aliphatic rings. The predicted molar refractivity (Wildman–Crippen MR) is 83.4 cm³/mol. The van der Waals surface area contributed by atoms with Gasteiger partial charge < -0.3 is 9.47 Å². The molecule has 2 aromatic rings. The van der Waals surface area contributed by atoms with Gasteiger partial charge in [-0.3, -0.25) is 0 Å². The fourth-order valence-corrected chi connectivity index (χ4v) is 2.50. The molecule has 0 saturated carbocycles. The first-order valence-electron chi connectivity index (χ1n) is 6.29. The Labute approximate surface area is 133 Å². The molecule has 2 rings (SSSR count). The number of aryl methyl sites for hydroxylation is 1. The summed E-state index contributed by atoms with van der Waals surface area (Å²) < 4.78 is 24.5. The molecule has 21 heavy (non-hydrogen) atoms. The fraction of sp³-hybridized carbons (Fsp3) is 0.250. The standard InChI is InChI=1S/C16H15Cl2FO2/c1-9-4-5-10(6-12(9)17)16(18)11-7-14(20-2)15(21-3)8-13(11)19/h4-8,16H,1-3H3. The van der Waals surface area contributed by atoms with E-state index < -0.39 is 11.2 Å². The Balaban J connectivity index is 2.47. The van der Waals surface area contributed by atoms with Gasteiger partial charge in [-0.15, -0.1) is 11.6 Å². The van der Waals surface area contributed by atoms with Gasteiger partial charge in [0.25, 0.3) is 0 Å². The second kappa shape index (κ2) is 6.54. The highest BCUT2D eigenvalue weighted by molar-refractivity contribution is 6.31. The number of ether oxygens (including phenoxy) is 2. The van der Waals surface area contributed by atoms with Crippen LogP contribution in [0.2, 0.25) is 5.02 Å². The molecule has 0 amide bonds. The van der Waals surface area contributed by atoms with E-state index >= 15 is 0 Å². The minimum absolute atomic E-state index is 0.314. The van der Waals surface area contributed by atoms with Gasteiger partial charge in [-0.2, -0.15) is 0 Å². The Morgan fingerprint density at radius 3 is 2.24 bits per heavy atom. The van der Waals surface area contributed by atoms with E-state index in [2.05, 4.69) is 0 Å². The first-order chi connectivity index (χ1) is 9.97. The second-order valence-electron chi connectivity index (χ2n) is 4.60. The van der Waals surface area contributed by atoms with Gasteiger partial charge in [0.15, 0.2) is 11.5 Å². The molecule has 0 heterocycles. The van der Waals surface area contributed by atoms with Crippen LogP contribution in [0.3, 0.4) is 0 Å². The molecule has 1 atom stereocenters. The highest BCUT2D eigenvalue weighted by Crippen LogP contribution is 2.38. The highest BCUT2D eigenvalue weighted by atomic mass is 35.5. The Kier molecular flexibility index (Phi) is 4.96. The Morgan fingerprint density at radius 1 is 1.05 bits per heavy atom. The van der Waals surface area contributed by atoms with Crippen molar-refractivity contribution in [2.24, 2.45) is 0 Å². The molecule has 2 nitrogen and oxygen atoms in total. The molecule has 1 unspecified atom stereocenters. The first-order valence-corrected chi connectivity index (χ1v) is 7.11. The van der Waals surface area contributed by atoms with Crippen molar-refractivity contribution in [3.8, 4) is 11.5 Å². The Bertz CT molecular complexity index is 659. The van der Waals surface area contributed by atoms with E-state index in [1.54, 1.807) is 12.1 Å². The van der Waals surface area contributed by atoms with Crippen molar-refractivity contribution in [1.82, 2.24) is 0 Å². The summed E-state index contributed by atoms with van der Waals surface area (Å²) in [5.74, 6) is 0.298. The monoisotopic (exact) mass is 328 g/mol. The molecule has 2 aromatic carbocycles. The normalized spacial score (nSPS) is 12.1. The van der Waals surface area contributed by atoms with Gasteiger partial charge in [-0.25, -0.2) is 4.39 Å². The molecule has 0 N–H and O–H groups in total. The summed E-state index contributed by atoms with van der Waals surface area (Å²) in [6.45, 7) is 1.90. The molecule has 0 aromatic heterocycles. The molecule has 0 aliphatic carbocycles. The zero-order valence-electron chi connectivity index (χ0n) is 11.9. The summed E-state index contributed by atoms with van der Waals surface area (Å²) in [7, 11) is 2.94. The maximum atomic E-state index is 14.2. The lowest BCUT2D eigenvalue weighted by molar-refractivity contribution is 0.351. The third-order valence-electron chi connectivity index (χ3n) is 3.26. The van der Waals surface area contributed by atoms with E-state index in [0.717, 1.165) is 11.1 Å². The average Bonchev–Trinajstić information content (AvgIpc) is 2.49. The van der Waals surface area contributed by atoms with Crippen LogP contribution < -0.4 is 9.47 Å². The molecule has 0 bridgehead atoms. The van der Waals surface area contributed by atoms with Gasteiger partial charge in [0, 0.05) is 16.7 Å². The maximum Gasteiger partial charge on any atom is 0.163 e. The average molecular weight is 329 g/mol. The molecule has 0 fully saturated rings. The number of hydrogen-bond acceptors (Lipinski definition) is 2. The minimum atomic E-state index is -0.664. The number of rotatable bonds is 4. The van der Waals surface area contributed by atoms with Crippen LogP contribution >= 0.6 is 23.2 Å².